The zero-order valence-electron chi connectivity index (χ0n) is 9.26. The van der Waals surface area contributed by atoms with Gasteiger partial charge in [-0.1, -0.05) is 24.6 Å². The Bertz CT molecular complexity index is 517. The second-order valence-corrected chi connectivity index (χ2v) is 4.27. The van der Waals surface area contributed by atoms with Gasteiger partial charge in [0, 0.05) is 16.1 Å². The molecule has 0 N–H and O–H groups in total. The Kier molecular flexibility index (Phi) is 2.66. The molecule has 0 aliphatic rings. The molecule has 1 aromatic heterocycles. The number of pyridine rings is 1. The first kappa shape index (κ1) is 10.4. The Morgan fingerprint density at radius 2 is 1.93 bits per heavy atom. The minimum absolute atomic E-state index is 0.786. The first-order chi connectivity index (χ1) is 7.13. The van der Waals surface area contributed by atoms with E-state index in [1.807, 2.05) is 12.1 Å². The Morgan fingerprint density at radius 3 is 2.60 bits per heavy atom. The van der Waals surface area contributed by atoms with Crippen LogP contribution in [0.1, 0.15) is 23.7 Å². The van der Waals surface area contributed by atoms with Gasteiger partial charge in [0.1, 0.15) is 0 Å². The fourth-order valence-corrected chi connectivity index (χ4v) is 2.07. The molecule has 2 rings (SSSR count). The highest BCUT2D eigenvalue weighted by Gasteiger charge is 2.06. The van der Waals surface area contributed by atoms with Gasteiger partial charge < -0.3 is 0 Å². The largest absolute Gasteiger partial charge is 0.252 e. The maximum absolute atomic E-state index is 6.16. The number of nitrogens with zero attached hydrogens (tertiary/aromatic N) is 1. The summed E-state index contributed by atoms with van der Waals surface area (Å²) >= 11 is 6.16. The highest BCUT2D eigenvalue weighted by atomic mass is 35.5. The third kappa shape index (κ3) is 1.72. The third-order valence-electron chi connectivity index (χ3n) is 2.76. The van der Waals surface area contributed by atoms with Gasteiger partial charge in [0.05, 0.1) is 5.52 Å². The molecule has 0 bridgehead atoms. The maximum atomic E-state index is 6.16. The molecule has 15 heavy (non-hydrogen) atoms. The van der Waals surface area contributed by atoms with Crippen molar-refractivity contribution < 1.29 is 0 Å². The first-order valence-corrected chi connectivity index (χ1v) is 5.56. The predicted octanol–water partition coefficient (Wildman–Crippen LogP) is 4.07. The van der Waals surface area contributed by atoms with Crippen molar-refractivity contribution in [3.05, 3.63) is 40.0 Å². The standard InChI is InChI=1S/C13H14ClN/c1-4-12-9(3)7-10-11(14)6-5-8(2)13(10)15-12/h5-7H,4H2,1-3H3. The van der Waals surface area contributed by atoms with E-state index in [-0.39, 0.29) is 0 Å². The minimum Gasteiger partial charge on any atom is -0.252 e. The topological polar surface area (TPSA) is 12.9 Å². The number of rotatable bonds is 1. The van der Waals surface area contributed by atoms with Gasteiger partial charge in [0.2, 0.25) is 0 Å². The Hall–Kier alpha value is -1.08. The lowest BCUT2D eigenvalue weighted by atomic mass is 10.1. The molecule has 78 valence electrons. The van der Waals surface area contributed by atoms with Crippen molar-refractivity contribution >= 4 is 22.5 Å². The molecular formula is C13H14ClN. The van der Waals surface area contributed by atoms with Gasteiger partial charge in [-0.25, -0.2) is 0 Å². The van der Waals surface area contributed by atoms with E-state index < -0.39 is 0 Å². The van der Waals surface area contributed by atoms with Crippen LogP contribution in [0.15, 0.2) is 18.2 Å². The number of fused-ring (bicyclic) bond motifs is 1. The van der Waals surface area contributed by atoms with Crippen molar-refractivity contribution in [2.75, 3.05) is 0 Å². The van der Waals surface area contributed by atoms with Gasteiger partial charge in [-0.3, -0.25) is 4.98 Å². The summed E-state index contributed by atoms with van der Waals surface area (Å²) in [5.41, 5.74) is 4.60. The maximum Gasteiger partial charge on any atom is 0.0749 e. The third-order valence-corrected chi connectivity index (χ3v) is 3.09. The van der Waals surface area contributed by atoms with Gasteiger partial charge in [0.15, 0.2) is 0 Å². The fraction of sp³-hybridized carbons (Fsp3) is 0.308. The number of aromatic nitrogens is 1. The fourth-order valence-electron chi connectivity index (χ4n) is 1.86. The normalized spacial score (nSPS) is 10.9. The Labute approximate surface area is 95.1 Å². The van der Waals surface area contributed by atoms with Crippen molar-refractivity contribution in [1.29, 1.82) is 0 Å². The van der Waals surface area contributed by atoms with Crippen LogP contribution in [-0.4, -0.2) is 4.98 Å². The second kappa shape index (κ2) is 3.82. The molecule has 0 saturated carbocycles. The van der Waals surface area contributed by atoms with Crippen LogP contribution in [0.25, 0.3) is 10.9 Å². The van der Waals surface area contributed by atoms with Crippen LogP contribution in [0.3, 0.4) is 0 Å². The number of halogens is 1. The Balaban J connectivity index is 2.86. The van der Waals surface area contributed by atoms with E-state index >= 15 is 0 Å². The van der Waals surface area contributed by atoms with Gasteiger partial charge in [-0.15, -0.1) is 0 Å². The van der Waals surface area contributed by atoms with Crippen molar-refractivity contribution in [2.45, 2.75) is 27.2 Å². The molecule has 0 spiro atoms. The summed E-state index contributed by atoms with van der Waals surface area (Å²) in [5, 5.41) is 1.85. The molecular weight excluding hydrogens is 206 g/mol. The molecule has 0 atom stereocenters. The molecule has 0 aliphatic heterocycles. The zero-order valence-corrected chi connectivity index (χ0v) is 10.0. The van der Waals surface area contributed by atoms with Gasteiger partial charge >= 0.3 is 0 Å². The van der Waals surface area contributed by atoms with E-state index in [2.05, 4.69) is 31.8 Å². The highest BCUT2D eigenvalue weighted by molar-refractivity contribution is 6.35. The molecule has 0 unspecified atom stereocenters. The summed E-state index contributed by atoms with van der Waals surface area (Å²) in [5.74, 6) is 0. The summed E-state index contributed by atoms with van der Waals surface area (Å²) in [6.45, 7) is 6.28. The lowest BCUT2D eigenvalue weighted by Gasteiger charge is -2.08. The highest BCUT2D eigenvalue weighted by Crippen LogP contribution is 2.26. The van der Waals surface area contributed by atoms with Crippen LogP contribution >= 0.6 is 11.6 Å². The summed E-state index contributed by atoms with van der Waals surface area (Å²) < 4.78 is 0. The average Bonchev–Trinajstić information content (AvgIpc) is 2.23. The van der Waals surface area contributed by atoms with E-state index in [0.717, 1.165) is 28.0 Å². The number of hydrogen-bond donors (Lipinski definition) is 0. The first-order valence-electron chi connectivity index (χ1n) is 5.18. The summed E-state index contributed by atoms with van der Waals surface area (Å²) in [6, 6.07) is 6.09. The van der Waals surface area contributed by atoms with Crippen LogP contribution in [0, 0.1) is 13.8 Å². The van der Waals surface area contributed by atoms with Gasteiger partial charge in [-0.2, -0.15) is 0 Å². The van der Waals surface area contributed by atoms with Gasteiger partial charge in [-0.05, 0) is 43.5 Å². The molecule has 1 heterocycles. The number of benzene rings is 1. The van der Waals surface area contributed by atoms with Crippen LogP contribution < -0.4 is 0 Å². The quantitative estimate of drug-likeness (QED) is 0.705. The molecule has 0 radical (unpaired) electrons. The summed E-state index contributed by atoms with van der Waals surface area (Å²) in [7, 11) is 0. The average molecular weight is 220 g/mol. The van der Waals surface area contributed by atoms with E-state index in [0.29, 0.717) is 0 Å². The monoisotopic (exact) mass is 219 g/mol. The lowest BCUT2D eigenvalue weighted by molar-refractivity contribution is 1.03. The smallest absolute Gasteiger partial charge is 0.0749 e. The molecule has 1 nitrogen and oxygen atoms in total. The molecule has 0 saturated heterocycles. The molecule has 1 aromatic carbocycles. The van der Waals surface area contributed by atoms with E-state index in [4.69, 9.17) is 11.6 Å². The van der Waals surface area contributed by atoms with Crippen molar-refractivity contribution in [2.24, 2.45) is 0 Å². The lowest BCUT2D eigenvalue weighted by Crippen LogP contribution is -1.94. The van der Waals surface area contributed by atoms with Gasteiger partial charge in [0.25, 0.3) is 0 Å². The summed E-state index contributed by atoms with van der Waals surface area (Å²) in [6.07, 6.45) is 0.966. The summed E-state index contributed by atoms with van der Waals surface area (Å²) in [4.78, 5) is 4.67. The number of aryl methyl sites for hydroxylation is 3. The molecule has 2 heteroatoms. The molecule has 2 aromatic rings. The second-order valence-electron chi connectivity index (χ2n) is 3.87. The minimum atomic E-state index is 0.786. The Morgan fingerprint density at radius 1 is 1.20 bits per heavy atom. The SMILES string of the molecule is CCc1nc2c(C)ccc(Cl)c2cc1C. The molecule has 0 aliphatic carbocycles. The van der Waals surface area contributed by atoms with Crippen LogP contribution in [0.4, 0.5) is 0 Å². The predicted molar refractivity (Wildman–Crippen MR) is 65.6 cm³/mol. The van der Waals surface area contributed by atoms with Crippen LogP contribution in [0.2, 0.25) is 5.02 Å². The zero-order chi connectivity index (χ0) is 11.0. The molecule has 0 amide bonds. The van der Waals surface area contributed by atoms with Crippen molar-refractivity contribution in [3.8, 4) is 0 Å². The van der Waals surface area contributed by atoms with Crippen LogP contribution in [0.5, 0.6) is 0 Å². The molecule has 0 fully saturated rings. The van der Waals surface area contributed by atoms with E-state index in [1.165, 1.54) is 11.1 Å². The van der Waals surface area contributed by atoms with Crippen molar-refractivity contribution in [3.63, 3.8) is 0 Å². The van der Waals surface area contributed by atoms with Crippen molar-refractivity contribution in [1.82, 2.24) is 4.98 Å². The van der Waals surface area contributed by atoms with Crippen LogP contribution in [-0.2, 0) is 6.42 Å². The number of hydrogen-bond acceptors (Lipinski definition) is 1. The van der Waals surface area contributed by atoms with E-state index in [1.54, 1.807) is 0 Å². The van der Waals surface area contributed by atoms with E-state index in [9.17, 15) is 0 Å².